The second-order valence-electron chi connectivity index (χ2n) is 4.57. The average molecular weight is 251 g/mol. The molecule has 0 atom stereocenters. The van der Waals surface area contributed by atoms with Crippen molar-refractivity contribution in [2.24, 2.45) is 5.92 Å². The molecule has 0 aliphatic heterocycles. The number of aromatic nitrogens is 2. The highest BCUT2D eigenvalue weighted by atomic mass is 32.2. The Morgan fingerprint density at radius 3 is 2.76 bits per heavy atom. The molecule has 0 amide bonds. The first kappa shape index (κ1) is 12.7. The van der Waals surface area contributed by atoms with E-state index >= 15 is 0 Å². The lowest BCUT2D eigenvalue weighted by atomic mass is 10.1. The van der Waals surface area contributed by atoms with Gasteiger partial charge in [0.1, 0.15) is 17.2 Å². The first-order valence-corrected chi connectivity index (χ1v) is 7.48. The Balaban J connectivity index is 2.03. The van der Waals surface area contributed by atoms with Gasteiger partial charge in [-0.2, -0.15) is 0 Å². The van der Waals surface area contributed by atoms with Gasteiger partial charge in [-0.15, -0.1) is 11.8 Å². The van der Waals surface area contributed by atoms with Gasteiger partial charge in [0, 0.05) is 18.4 Å². The van der Waals surface area contributed by atoms with E-state index in [9.17, 15) is 0 Å². The van der Waals surface area contributed by atoms with Crippen molar-refractivity contribution in [3.63, 3.8) is 0 Å². The normalized spacial score (nSPS) is 16.4. The van der Waals surface area contributed by atoms with Crippen molar-refractivity contribution in [1.82, 2.24) is 9.97 Å². The largest absolute Gasteiger partial charge is 0.373 e. The molecule has 1 heterocycles. The lowest BCUT2D eigenvalue weighted by Crippen LogP contribution is -2.03. The Hall–Kier alpha value is -0.770. The monoisotopic (exact) mass is 251 g/mol. The second-order valence-corrected chi connectivity index (χ2v) is 5.58. The van der Waals surface area contributed by atoms with Crippen LogP contribution >= 0.6 is 11.8 Å². The van der Waals surface area contributed by atoms with E-state index in [0.717, 1.165) is 18.2 Å². The van der Waals surface area contributed by atoms with E-state index in [1.54, 1.807) is 6.33 Å². The van der Waals surface area contributed by atoms with Gasteiger partial charge < -0.3 is 5.32 Å². The fourth-order valence-corrected chi connectivity index (χ4v) is 3.69. The minimum atomic E-state index is 0.901. The van der Waals surface area contributed by atoms with E-state index in [-0.39, 0.29) is 0 Å². The summed E-state index contributed by atoms with van der Waals surface area (Å²) in [7, 11) is 1.92. The predicted molar refractivity (Wildman–Crippen MR) is 73.6 cm³/mol. The van der Waals surface area contributed by atoms with Crippen LogP contribution in [0.2, 0.25) is 0 Å². The number of nitrogens with one attached hydrogen (secondary N) is 1. The summed E-state index contributed by atoms with van der Waals surface area (Å²) >= 11 is 1.91. The second kappa shape index (κ2) is 6.24. The van der Waals surface area contributed by atoms with E-state index in [1.807, 2.05) is 18.8 Å². The van der Waals surface area contributed by atoms with Crippen LogP contribution in [0.1, 0.15) is 38.2 Å². The fourth-order valence-electron chi connectivity index (χ4n) is 2.43. The lowest BCUT2D eigenvalue weighted by Gasteiger charge is -2.12. The third-order valence-electron chi connectivity index (χ3n) is 3.43. The fraction of sp³-hybridized carbons (Fsp3) is 0.692. The SMILES string of the molecule is CCc1c(NC)ncnc1SCC1CCCC1. The molecule has 1 aromatic rings. The zero-order chi connectivity index (χ0) is 12.1. The van der Waals surface area contributed by atoms with E-state index in [1.165, 1.54) is 42.0 Å². The minimum absolute atomic E-state index is 0.901. The third-order valence-corrected chi connectivity index (χ3v) is 4.69. The summed E-state index contributed by atoms with van der Waals surface area (Å²) in [6, 6.07) is 0. The molecule has 1 aromatic heterocycles. The van der Waals surface area contributed by atoms with Crippen molar-refractivity contribution >= 4 is 17.6 Å². The molecule has 2 rings (SSSR count). The van der Waals surface area contributed by atoms with Gasteiger partial charge in [0.2, 0.25) is 0 Å². The Kier molecular flexibility index (Phi) is 4.66. The quantitative estimate of drug-likeness (QED) is 0.643. The number of nitrogens with zero attached hydrogens (tertiary/aromatic N) is 2. The summed E-state index contributed by atoms with van der Waals surface area (Å²) in [6.45, 7) is 2.17. The first-order chi connectivity index (χ1) is 8.35. The Bertz CT molecular complexity index is 362. The summed E-state index contributed by atoms with van der Waals surface area (Å²) in [5.74, 6) is 3.10. The number of anilines is 1. The highest BCUT2D eigenvalue weighted by Crippen LogP contribution is 2.32. The molecule has 1 saturated carbocycles. The van der Waals surface area contributed by atoms with Gasteiger partial charge in [0.25, 0.3) is 0 Å². The lowest BCUT2D eigenvalue weighted by molar-refractivity contribution is 0.622. The standard InChI is InChI=1S/C13H21N3S/c1-3-11-12(14-2)15-9-16-13(11)17-8-10-6-4-5-7-10/h9-10H,3-8H2,1-2H3,(H,14,15,16). The van der Waals surface area contributed by atoms with Crippen LogP contribution in [0.15, 0.2) is 11.4 Å². The molecule has 1 aliphatic carbocycles. The Labute approximate surface area is 108 Å². The van der Waals surface area contributed by atoms with Crippen LogP contribution in [-0.4, -0.2) is 22.8 Å². The van der Waals surface area contributed by atoms with Crippen LogP contribution in [0.5, 0.6) is 0 Å². The number of thioether (sulfide) groups is 1. The van der Waals surface area contributed by atoms with Crippen LogP contribution in [0.3, 0.4) is 0 Å². The highest BCUT2D eigenvalue weighted by molar-refractivity contribution is 7.99. The zero-order valence-electron chi connectivity index (χ0n) is 10.7. The molecule has 0 bridgehead atoms. The molecule has 94 valence electrons. The van der Waals surface area contributed by atoms with Crippen molar-refractivity contribution in [2.75, 3.05) is 18.1 Å². The maximum Gasteiger partial charge on any atom is 0.133 e. The molecule has 0 radical (unpaired) electrons. The van der Waals surface area contributed by atoms with E-state index in [4.69, 9.17) is 0 Å². The summed E-state index contributed by atoms with van der Waals surface area (Å²) in [5.41, 5.74) is 1.26. The minimum Gasteiger partial charge on any atom is -0.373 e. The number of rotatable bonds is 5. The first-order valence-electron chi connectivity index (χ1n) is 6.49. The molecular weight excluding hydrogens is 230 g/mol. The van der Waals surface area contributed by atoms with Gasteiger partial charge in [-0.05, 0) is 25.2 Å². The van der Waals surface area contributed by atoms with Crippen LogP contribution in [-0.2, 0) is 6.42 Å². The molecule has 0 spiro atoms. The van der Waals surface area contributed by atoms with E-state index in [0.29, 0.717) is 0 Å². The maximum atomic E-state index is 4.43. The molecule has 3 nitrogen and oxygen atoms in total. The summed E-state index contributed by atoms with van der Waals surface area (Å²) in [5, 5.41) is 4.32. The topological polar surface area (TPSA) is 37.8 Å². The molecule has 1 aliphatic rings. The van der Waals surface area contributed by atoms with Crippen molar-refractivity contribution in [3.8, 4) is 0 Å². The van der Waals surface area contributed by atoms with Crippen LogP contribution < -0.4 is 5.32 Å². The summed E-state index contributed by atoms with van der Waals surface area (Å²) in [4.78, 5) is 8.70. The number of hydrogen-bond acceptors (Lipinski definition) is 4. The number of hydrogen-bond donors (Lipinski definition) is 1. The zero-order valence-corrected chi connectivity index (χ0v) is 11.5. The highest BCUT2D eigenvalue weighted by Gasteiger charge is 2.17. The van der Waals surface area contributed by atoms with Gasteiger partial charge in [0.15, 0.2) is 0 Å². The van der Waals surface area contributed by atoms with Gasteiger partial charge in [-0.3, -0.25) is 0 Å². The maximum absolute atomic E-state index is 4.43. The van der Waals surface area contributed by atoms with Crippen molar-refractivity contribution in [3.05, 3.63) is 11.9 Å². The van der Waals surface area contributed by atoms with Gasteiger partial charge >= 0.3 is 0 Å². The van der Waals surface area contributed by atoms with Crippen LogP contribution in [0, 0.1) is 5.92 Å². The van der Waals surface area contributed by atoms with E-state index in [2.05, 4.69) is 22.2 Å². The van der Waals surface area contributed by atoms with Gasteiger partial charge in [-0.1, -0.05) is 19.8 Å². The molecular formula is C13H21N3S. The molecule has 0 saturated heterocycles. The molecule has 1 N–H and O–H groups in total. The van der Waals surface area contributed by atoms with Crippen molar-refractivity contribution in [1.29, 1.82) is 0 Å². The van der Waals surface area contributed by atoms with Crippen molar-refractivity contribution in [2.45, 2.75) is 44.1 Å². The molecule has 4 heteroatoms. The average Bonchev–Trinajstić information content (AvgIpc) is 2.88. The smallest absolute Gasteiger partial charge is 0.133 e. The third kappa shape index (κ3) is 3.12. The predicted octanol–water partition coefficient (Wildman–Crippen LogP) is 3.36. The van der Waals surface area contributed by atoms with Crippen molar-refractivity contribution < 1.29 is 0 Å². The van der Waals surface area contributed by atoms with E-state index < -0.39 is 0 Å². The Morgan fingerprint density at radius 1 is 1.35 bits per heavy atom. The van der Waals surface area contributed by atoms with Crippen LogP contribution in [0.25, 0.3) is 0 Å². The molecule has 0 aromatic carbocycles. The summed E-state index contributed by atoms with van der Waals surface area (Å²) in [6.07, 6.45) is 8.29. The molecule has 1 fully saturated rings. The summed E-state index contributed by atoms with van der Waals surface area (Å²) < 4.78 is 0. The molecule has 0 unspecified atom stereocenters. The Morgan fingerprint density at radius 2 is 2.12 bits per heavy atom. The van der Waals surface area contributed by atoms with Gasteiger partial charge in [-0.25, -0.2) is 9.97 Å². The molecule has 17 heavy (non-hydrogen) atoms. The van der Waals surface area contributed by atoms with Gasteiger partial charge in [0.05, 0.1) is 0 Å². The van der Waals surface area contributed by atoms with Crippen LogP contribution in [0.4, 0.5) is 5.82 Å².